The van der Waals surface area contributed by atoms with E-state index in [1.54, 1.807) is 6.08 Å². The van der Waals surface area contributed by atoms with Crippen LogP contribution < -0.4 is 5.32 Å². The van der Waals surface area contributed by atoms with Crippen LogP contribution in [0.15, 0.2) is 36.1 Å². The SMILES string of the molecule is O=C(NC1CCCC1)C1=C[C@@H](c2ccc(C(F)(F)F)cc2)C[C@@H](OCCCCO)O1. The summed E-state index contributed by atoms with van der Waals surface area (Å²) in [4.78, 5) is 12.7. The summed E-state index contributed by atoms with van der Waals surface area (Å²) in [5, 5.41) is 11.9. The molecule has 1 fully saturated rings. The number of amides is 1. The highest BCUT2D eigenvalue weighted by Gasteiger charge is 2.32. The van der Waals surface area contributed by atoms with Crippen molar-refractivity contribution in [2.24, 2.45) is 0 Å². The number of aliphatic hydroxyl groups is 1. The average Bonchev–Trinajstić information content (AvgIpc) is 3.23. The van der Waals surface area contributed by atoms with Crippen LogP contribution in [0.2, 0.25) is 0 Å². The molecule has 166 valence electrons. The Balaban J connectivity index is 1.73. The molecule has 1 saturated carbocycles. The molecule has 1 amide bonds. The van der Waals surface area contributed by atoms with Crippen LogP contribution in [0.5, 0.6) is 0 Å². The van der Waals surface area contributed by atoms with E-state index >= 15 is 0 Å². The Kier molecular flexibility index (Phi) is 7.77. The van der Waals surface area contributed by atoms with Gasteiger partial charge in [-0.05, 0) is 49.5 Å². The standard InChI is InChI=1S/C22H28F3NO4/c23-22(24,25)17-9-7-15(8-10-17)16-13-19(21(28)26-18-5-1-2-6-18)30-20(14-16)29-12-4-3-11-27/h7-10,13,16,18,20,27H,1-6,11-12,14H2,(H,26,28)/t16-,20+/m1/s1. The Morgan fingerprint density at radius 3 is 2.50 bits per heavy atom. The number of hydrogen-bond acceptors (Lipinski definition) is 4. The van der Waals surface area contributed by atoms with E-state index in [4.69, 9.17) is 14.6 Å². The van der Waals surface area contributed by atoms with Crippen molar-refractivity contribution in [1.82, 2.24) is 5.32 Å². The summed E-state index contributed by atoms with van der Waals surface area (Å²) in [6.45, 7) is 0.431. The molecule has 0 unspecified atom stereocenters. The lowest BCUT2D eigenvalue weighted by Crippen LogP contribution is -2.37. The van der Waals surface area contributed by atoms with Crippen molar-refractivity contribution in [2.75, 3.05) is 13.2 Å². The molecule has 1 heterocycles. The van der Waals surface area contributed by atoms with Crippen molar-refractivity contribution in [3.8, 4) is 0 Å². The van der Waals surface area contributed by atoms with Gasteiger partial charge in [-0.15, -0.1) is 0 Å². The number of hydrogen-bond donors (Lipinski definition) is 2. The molecule has 0 bridgehead atoms. The molecule has 0 aromatic heterocycles. The van der Waals surface area contributed by atoms with Gasteiger partial charge in [0.05, 0.1) is 12.2 Å². The monoisotopic (exact) mass is 427 g/mol. The number of alkyl halides is 3. The Labute approximate surface area is 174 Å². The number of ether oxygens (including phenoxy) is 2. The van der Waals surface area contributed by atoms with Gasteiger partial charge < -0.3 is 19.9 Å². The van der Waals surface area contributed by atoms with E-state index in [0.717, 1.165) is 37.8 Å². The Morgan fingerprint density at radius 1 is 1.17 bits per heavy atom. The fourth-order valence-corrected chi connectivity index (χ4v) is 3.83. The van der Waals surface area contributed by atoms with Crippen LogP contribution in [-0.4, -0.2) is 36.6 Å². The molecule has 0 saturated heterocycles. The molecule has 5 nitrogen and oxygen atoms in total. The lowest BCUT2D eigenvalue weighted by molar-refractivity contribution is -0.146. The minimum absolute atomic E-state index is 0.0675. The van der Waals surface area contributed by atoms with Gasteiger partial charge in [0.2, 0.25) is 6.29 Å². The van der Waals surface area contributed by atoms with Crippen molar-refractivity contribution in [1.29, 1.82) is 0 Å². The molecular weight excluding hydrogens is 399 g/mol. The van der Waals surface area contributed by atoms with Gasteiger partial charge in [0, 0.05) is 25.0 Å². The highest BCUT2D eigenvalue weighted by Crippen LogP contribution is 2.34. The Morgan fingerprint density at radius 2 is 1.87 bits per heavy atom. The van der Waals surface area contributed by atoms with Crippen molar-refractivity contribution in [3.63, 3.8) is 0 Å². The number of nitrogens with one attached hydrogen (secondary N) is 1. The van der Waals surface area contributed by atoms with Crippen molar-refractivity contribution >= 4 is 5.91 Å². The summed E-state index contributed by atoms with van der Waals surface area (Å²) >= 11 is 0. The van der Waals surface area contributed by atoms with Gasteiger partial charge >= 0.3 is 6.18 Å². The number of halogens is 3. The number of carbonyl (C=O) groups is 1. The molecule has 8 heteroatoms. The second-order valence-electron chi connectivity index (χ2n) is 7.80. The van der Waals surface area contributed by atoms with Gasteiger partial charge in [0.15, 0.2) is 5.76 Å². The van der Waals surface area contributed by atoms with Crippen LogP contribution in [0, 0.1) is 0 Å². The summed E-state index contributed by atoms with van der Waals surface area (Å²) in [7, 11) is 0. The van der Waals surface area contributed by atoms with Gasteiger partial charge in [0.25, 0.3) is 5.91 Å². The second kappa shape index (κ2) is 10.3. The number of unbranched alkanes of at least 4 members (excludes halogenated alkanes) is 1. The highest BCUT2D eigenvalue weighted by molar-refractivity contribution is 5.92. The van der Waals surface area contributed by atoms with E-state index in [1.165, 1.54) is 12.1 Å². The van der Waals surface area contributed by atoms with Gasteiger partial charge in [-0.3, -0.25) is 4.79 Å². The Hall–Kier alpha value is -2.06. The Bertz CT molecular complexity index is 727. The minimum Gasteiger partial charge on any atom is -0.459 e. The minimum atomic E-state index is -4.39. The quantitative estimate of drug-likeness (QED) is 0.608. The third kappa shape index (κ3) is 6.22. The maximum Gasteiger partial charge on any atom is 0.416 e. The van der Waals surface area contributed by atoms with E-state index in [0.29, 0.717) is 31.4 Å². The zero-order valence-electron chi connectivity index (χ0n) is 16.8. The van der Waals surface area contributed by atoms with E-state index in [9.17, 15) is 18.0 Å². The summed E-state index contributed by atoms with van der Waals surface area (Å²) < 4.78 is 50.1. The van der Waals surface area contributed by atoms with Gasteiger partial charge in [-0.25, -0.2) is 0 Å². The van der Waals surface area contributed by atoms with Crippen molar-refractivity contribution in [2.45, 2.75) is 69.4 Å². The van der Waals surface area contributed by atoms with Crippen LogP contribution >= 0.6 is 0 Å². The molecule has 2 atom stereocenters. The third-order valence-corrected chi connectivity index (χ3v) is 5.49. The average molecular weight is 427 g/mol. The highest BCUT2D eigenvalue weighted by atomic mass is 19.4. The predicted octanol–water partition coefficient (Wildman–Crippen LogP) is 4.27. The molecule has 1 aromatic rings. The summed E-state index contributed by atoms with van der Waals surface area (Å²) in [5.74, 6) is -0.471. The lowest BCUT2D eigenvalue weighted by atomic mass is 9.92. The second-order valence-corrected chi connectivity index (χ2v) is 7.80. The first kappa shape index (κ1) is 22.6. The maximum atomic E-state index is 12.9. The van der Waals surface area contributed by atoms with Gasteiger partial charge in [-0.1, -0.05) is 25.0 Å². The molecule has 2 aliphatic rings. The molecule has 3 rings (SSSR count). The first-order valence-corrected chi connectivity index (χ1v) is 10.5. The third-order valence-electron chi connectivity index (χ3n) is 5.49. The van der Waals surface area contributed by atoms with Gasteiger partial charge in [-0.2, -0.15) is 13.2 Å². The number of aliphatic hydroxyl groups excluding tert-OH is 1. The summed E-state index contributed by atoms with van der Waals surface area (Å²) in [5.41, 5.74) is -0.0419. The number of benzene rings is 1. The first-order valence-electron chi connectivity index (χ1n) is 10.5. The molecule has 2 N–H and O–H groups in total. The van der Waals surface area contributed by atoms with E-state index in [1.807, 2.05) is 0 Å². The zero-order valence-corrected chi connectivity index (χ0v) is 16.8. The molecule has 1 aliphatic carbocycles. The molecule has 0 spiro atoms. The van der Waals surface area contributed by atoms with Crippen LogP contribution in [0.3, 0.4) is 0 Å². The van der Waals surface area contributed by atoms with Crippen LogP contribution in [0.1, 0.15) is 62.0 Å². The normalized spacial score (nSPS) is 22.5. The largest absolute Gasteiger partial charge is 0.459 e. The summed E-state index contributed by atoms with van der Waals surface area (Å²) in [6.07, 6.45) is 2.26. The molecule has 1 aromatic carbocycles. The van der Waals surface area contributed by atoms with Crippen molar-refractivity contribution < 1.29 is 32.5 Å². The maximum absolute atomic E-state index is 12.9. The topological polar surface area (TPSA) is 67.8 Å². The van der Waals surface area contributed by atoms with E-state index in [2.05, 4.69) is 5.32 Å². The van der Waals surface area contributed by atoms with Crippen LogP contribution in [-0.2, 0) is 20.4 Å². The smallest absolute Gasteiger partial charge is 0.416 e. The van der Waals surface area contributed by atoms with Crippen molar-refractivity contribution in [3.05, 3.63) is 47.2 Å². The predicted molar refractivity (Wildman–Crippen MR) is 104 cm³/mol. The molecule has 30 heavy (non-hydrogen) atoms. The number of carbonyl (C=O) groups excluding carboxylic acids is 1. The van der Waals surface area contributed by atoms with E-state index < -0.39 is 18.0 Å². The summed E-state index contributed by atoms with van der Waals surface area (Å²) in [6, 6.07) is 5.09. The molecular formula is C22H28F3NO4. The zero-order chi connectivity index (χ0) is 21.6. The lowest BCUT2D eigenvalue weighted by Gasteiger charge is -2.30. The fourth-order valence-electron chi connectivity index (χ4n) is 3.83. The van der Waals surface area contributed by atoms with Crippen LogP contribution in [0.25, 0.3) is 0 Å². The molecule has 1 aliphatic heterocycles. The molecule has 0 radical (unpaired) electrons. The number of allylic oxidation sites excluding steroid dienone is 1. The number of rotatable bonds is 8. The van der Waals surface area contributed by atoms with E-state index in [-0.39, 0.29) is 30.2 Å². The van der Waals surface area contributed by atoms with Gasteiger partial charge in [0.1, 0.15) is 0 Å². The first-order chi connectivity index (χ1) is 14.4. The van der Waals surface area contributed by atoms with Crippen LogP contribution in [0.4, 0.5) is 13.2 Å². The fraction of sp³-hybridized carbons (Fsp3) is 0.591.